The van der Waals surface area contributed by atoms with Gasteiger partial charge >= 0.3 is 0 Å². The molecule has 1 rings (SSSR count). The van der Waals surface area contributed by atoms with E-state index >= 15 is 0 Å². The van der Waals surface area contributed by atoms with Crippen LogP contribution in [0.15, 0.2) is 22.7 Å². The van der Waals surface area contributed by atoms with E-state index < -0.39 is 0 Å². The molecule has 0 saturated carbocycles. The summed E-state index contributed by atoms with van der Waals surface area (Å²) in [7, 11) is 2.18. The Morgan fingerprint density at radius 2 is 1.89 bits per heavy atom. The maximum Gasteiger partial charge on any atom is 0.0481 e. The Labute approximate surface area is 120 Å². The van der Waals surface area contributed by atoms with E-state index in [1.165, 1.54) is 11.1 Å². The topological polar surface area (TPSA) is 29.3 Å². The van der Waals surface area contributed by atoms with Crippen LogP contribution in [0.3, 0.4) is 0 Å². The summed E-state index contributed by atoms with van der Waals surface area (Å²) in [5.41, 5.74) is 8.56. The highest BCUT2D eigenvalue weighted by atomic mass is 79.9. The van der Waals surface area contributed by atoms with Gasteiger partial charge in [-0.2, -0.15) is 0 Å². The van der Waals surface area contributed by atoms with Gasteiger partial charge in [-0.25, -0.2) is 0 Å². The Bertz CT molecular complexity index is 375. The fraction of sp³-hybridized carbons (Fsp3) is 0.600. The number of halogens is 1. The summed E-state index contributed by atoms with van der Waals surface area (Å²) in [5.74, 6) is 0. The maximum absolute atomic E-state index is 6.00. The quantitative estimate of drug-likeness (QED) is 0.863. The van der Waals surface area contributed by atoms with Crippen LogP contribution in [0.2, 0.25) is 0 Å². The van der Waals surface area contributed by atoms with E-state index in [-0.39, 0.29) is 6.04 Å². The number of likely N-dealkylation sites (N-methyl/N-ethyl adjacent to an activating group) is 1. The molecule has 0 heterocycles. The van der Waals surface area contributed by atoms with Crippen molar-refractivity contribution in [2.45, 2.75) is 45.7 Å². The van der Waals surface area contributed by atoms with Gasteiger partial charge in [-0.15, -0.1) is 0 Å². The molecule has 0 amide bonds. The molecule has 0 aliphatic carbocycles. The number of nitrogens with two attached hydrogens (primary N) is 1. The van der Waals surface area contributed by atoms with Crippen molar-refractivity contribution in [1.29, 1.82) is 0 Å². The Balaban J connectivity index is 3.01. The van der Waals surface area contributed by atoms with Crippen LogP contribution in [-0.2, 0) is 0 Å². The highest BCUT2D eigenvalue weighted by Crippen LogP contribution is 2.29. The van der Waals surface area contributed by atoms with Crippen molar-refractivity contribution >= 4 is 15.9 Å². The smallest absolute Gasteiger partial charge is 0.0481 e. The van der Waals surface area contributed by atoms with E-state index in [0.717, 1.165) is 17.3 Å². The number of hydrogen-bond donors (Lipinski definition) is 1. The minimum atomic E-state index is 0.282. The summed E-state index contributed by atoms with van der Waals surface area (Å²) in [6, 6.07) is 7.38. The molecular weight excluding hydrogens is 288 g/mol. The molecule has 0 radical (unpaired) electrons. The van der Waals surface area contributed by atoms with Gasteiger partial charge in [0.15, 0.2) is 0 Å². The average Bonchev–Trinajstić information content (AvgIpc) is 2.34. The highest BCUT2D eigenvalue weighted by Gasteiger charge is 2.22. The summed E-state index contributed by atoms with van der Waals surface area (Å²) < 4.78 is 1.16. The van der Waals surface area contributed by atoms with Crippen LogP contribution in [0.25, 0.3) is 0 Å². The second-order valence-electron chi connectivity index (χ2n) is 4.91. The zero-order chi connectivity index (χ0) is 13.7. The second kappa shape index (κ2) is 7.27. The zero-order valence-corrected chi connectivity index (χ0v) is 13.5. The van der Waals surface area contributed by atoms with E-state index in [0.29, 0.717) is 12.6 Å². The number of nitrogens with zero attached hydrogens (tertiary/aromatic N) is 1. The molecule has 2 N–H and O–H groups in total. The largest absolute Gasteiger partial charge is 0.329 e. The standard InChI is InChI=1S/C15H25BrN2/c1-5-12(6-2)18(4)15(10-17)13-8-7-11(3)9-14(13)16/h7-9,12,15H,5-6,10,17H2,1-4H3. The Morgan fingerprint density at radius 3 is 2.33 bits per heavy atom. The van der Waals surface area contributed by atoms with E-state index in [9.17, 15) is 0 Å². The monoisotopic (exact) mass is 312 g/mol. The van der Waals surface area contributed by atoms with Crippen LogP contribution in [0.4, 0.5) is 0 Å². The lowest BCUT2D eigenvalue weighted by Crippen LogP contribution is -2.38. The lowest BCUT2D eigenvalue weighted by atomic mass is 10.0. The van der Waals surface area contributed by atoms with Gasteiger partial charge in [-0.1, -0.05) is 41.9 Å². The molecule has 0 aliphatic heterocycles. The number of hydrogen-bond acceptors (Lipinski definition) is 2. The highest BCUT2D eigenvalue weighted by molar-refractivity contribution is 9.10. The van der Waals surface area contributed by atoms with E-state index in [4.69, 9.17) is 5.73 Å². The fourth-order valence-corrected chi connectivity index (χ4v) is 3.29. The molecule has 0 bridgehead atoms. The molecule has 18 heavy (non-hydrogen) atoms. The number of aryl methyl sites for hydroxylation is 1. The summed E-state index contributed by atoms with van der Waals surface area (Å²) in [4.78, 5) is 2.41. The van der Waals surface area contributed by atoms with Crippen LogP contribution in [0.1, 0.15) is 43.9 Å². The molecule has 102 valence electrons. The van der Waals surface area contributed by atoms with Gasteiger partial charge in [0, 0.05) is 23.1 Å². The van der Waals surface area contributed by atoms with Crippen molar-refractivity contribution in [2.75, 3.05) is 13.6 Å². The summed E-state index contributed by atoms with van der Waals surface area (Å²) >= 11 is 3.67. The van der Waals surface area contributed by atoms with Crippen molar-refractivity contribution in [2.24, 2.45) is 5.73 Å². The summed E-state index contributed by atoms with van der Waals surface area (Å²) in [6.07, 6.45) is 2.32. The first kappa shape index (κ1) is 15.7. The summed E-state index contributed by atoms with van der Waals surface area (Å²) in [6.45, 7) is 7.23. The van der Waals surface area contributed by atoms with Gasteiger partial charge in [0.05, 0.1) is 0 Å². The minimum absolute atomic E-state index is 0.282. The van der Waals surface area contributed by atoms with Crippen molar-refractivity contribution in [3.8, 4) is 0 Å². The first-order valence-corrected chi connectivity index (χ1v) is 7.52. The fourth-order valence-electron chi connectivity index (χ4n) is 2.53. The maximum atomic E-state index is 6.00. The van der Waals surface area contributed by atoms with Crippen LogP contribution >= 0.6 is 15.9 Å². The summed E-state index contributed by atoms with van der Waals surface area (Å²) in [5, 5.41) is 0. The molecular formula is C15H25BrN2. The van der Waals surface area contributed by atoms with E-state index in [1.54, 1.807) is 0 Å². The molecule has 0 spiro atoms. The molecule has 3 heteroatoms. The predicted octanol–water partition coefficient (Wildman–Crippen LogP) is 3.88. The zero-order valence-electron chi connectivity index (χ0n) is 11.9. The molecule has 1 aromatic carbocycles. The normalized spacial score (nSPS) is 13.3. The van der Waals surface area contributed by atoms with Crippen LogP contribution in [0.5, 0.6) is 0 Å². The first-order chi connectivity index (χ1) is 8.54. The van der Waals surface area contributed by atoms with Crippen LogP contribution < -0.4 is 5.73 Å². The Morgan fingerprint density at radius 1 is 1.28 bits per heavy atom. The van der Waals surface area contributed by atoms with E-state index in [2.05, 4.69) is 66.8 Å². The molecule has 1 atom stereocenters. The van der Waals surface area contributed by atoms with Crippen molar-refractivity contribution in [3.05, 3.63) is 33.8 Å². The van der Waals surface area contributed by atoms with Gasteiger partial charge in [-0.05, 0) is 44.0 Å². The third-order valence-electron chi connectivity index (χ3n) is 3.75. The molecule has 2 nitrogen and oxygen atoms in total. The lowest BCUT2D eigenvalue weighted by Gasteiger charge is -2.34. The second-order valence-corrected chi connectivity index (χ2v) is 5.77. The van der Waals surface area contributed by atoms with Crippen molar-refractivity contribution in [1.82, 2.24) is 4.90 Å². The molecule has 1 aromatic rings. The van der Waals surface area contributed by atoms with Crippen molar-refractivity contribution in [3.63, 3.8) is 0 Å². The van der Waals surface area contributed by atoms with Gasteiger partial charge in [0.25, 0.3) is 0 Å². The molecule has 0 aromatic heterocycles. The van der Waals surface area contributed by atoms with Crippen molar-refractivity contribution < 1.29 is 0 Å². The number of rotatable bonds is 6. The molecule has 0 saturated heterocycles. The SMILES string of the molecule is CCC(CC)N(C)C(CN)c1ccc(C)cc1Br. The van der Waals surface area contributed by atoms with Crippen LogP contribution in [0, 0.1) is 6.92 Å². The number of benzene rings is 1. The van der Waals surface area contributed by atoms with Gasteiger partial charge < -0.3 is 5.73 Å². The molecule has 0 fully saturated rings. The first-order valence-electron chi connectivity index (χ1n) is 6.73. The van der Waals surface area contributed by atoms with Gasteiger partial charge in [0.2, 0.25) is 0 Å². The Kier molecular flexibility index (Phi) is 6.33. The van der Waals surface area contributed by atoms with Gasteiger partial charge in [0.1, 0.15) is 0 Å². The van der Waals surface area contributed by atoms with Crippen LogP contribution in [-0.4, -0.2) is 24.5 Å². The third kappa shape index (κ3) is 3.56. The molecule has 0 aliphatic rings. The third-order valence-corrected chi connectivity index (χ3v) is 4.44. The van der Waals surface area contributed by atoms with Gasteiger partial charge in [-0.3, -0.25) is 4.90 Å². The molecule has 1 unspecified atom stereocenters. The lowest BCUT2D eigenvalue weighted by molar-refractivity contribution is 0.167. The minimum Gasteiger partial charge on any atom is -0.329 e. The van der Waals surface area contributed by atoms with E-state index in [1.807, 2.05) is 0 Å². The average molecular weight is 313 g/mol. The Hall–Kier alpha value is -0.380. The predicted molar refractivity (Wildman–Crippen MR) is 82.8 cm³/mol.